The minimum absolute atomic E-state index is 0.00935. The first-order valence-corrected chi connectivity index (χ1v) is 8.80. The van der Waals surface area contributed by atoms with Crippen LogP contribution in [0.3, 0.4) is 0 Å². The second-order valence-electron chi connectivity index (χ2n) is 5.00. The number of hydrogen-bond donors (Lipinski definition) is 1. The fraction of sp³-hybridized carbons (Fsp3) is 0.125. The highest BCUT2D eigenvalue weighted by atomic mass is 32.2. The molecule has 0 saturated heterocycles. The lowest BCUT2D eigenvalue weighted by molar-refractivity contribution is -0.384. The molecule has 0 spiro atoms. The number of para-hydroxylation sites is 1. The largest absolute Gasteiger partial charge is 0.325 e. The first kappa shape index (κ1) is 16.4. The number of carbonyl (C=O) groups is 1. The number of nitrogens with one attached hydrogen (secondary N) is 1. The quantitative estimate of drug-likeness (QED) is 0.416. The number of aromatic nitrogens is 1. The Labute approximate surface area is 146 Å². The van der Waals surface area contributed by atoms with Crippen molar-refractivity contribution in [3.05, 3.63) is 58.6 Å². The molecule has 1 amide bonds. The maximum absolute atomic E-state index is 12.3. The third kappa shape index (κ3) is 3.72. The molecular weight excluding hydrogens is 346 g/mol. The number of thiazole rings is 1. The Bertz CT molecular complexity index is 860. The maximum Gasteiger partial charge on any atom is 0.269 e. The van der Waals surface area contributed by atoms with Gasteiger partial charge in [-0.25, -0.2) is 4.98 Å². The third-order valence-corrected chi connectivity index (χ3v) is 5.50. The van der Waals surface area contributed by atoms with E-state index in [2.05, 4.69) is 10.3 Å². The first-order chi connectivity index (χ1) is 11.5. The molecule has 3 rings (SSSR count). The third-order valence-electron chi connectivity index (χ3n) is 3.27. The highest BCUT2D eigenvalue weighted by Crippen LogP contribution is 2.32. The standard InChI is InChI=1S/C16H13N3O3S2/c1-10(23-16-18-13-4-2-3-5-14(13)24-16)15(20)17-11-6-8-12(9-7-11)19(21)22/h2-10H,1H3,(H,17,20)/t10-/m1/s1. The van der Waals surface area contributed by atoms with Crippen molar-refractivity contribution < 1.29 is 9.72 Å². The van der Waals surface area contributed by atoms with Gasteiger partial charge < -0.3 is 5.32 Å². The van der Waals surface area contributed by atoms with Gasteiger partial charge in [0.25, 0.3) is 5.69 Å². The molecule has 0 fully saturated rings. The van der Waals surface area contributed by atoms with Gasteiger partial charge in [0, 0.05) is 17.8 Å². The lowest BCUT2D eigenvalue weighted by Crippen LogP contribution is -2.22. The number of rotatable bonds is 5. The van der Waals surface area contributed by atoms with E-state index in [-0.39, 0.29) is 16.8 Å². The second kappa shape index (κ2) is 6.98. The molecule has 0 unspecified atom stereocenters. The van der Waals surface area contributed by atoms with Gasteiger partial charge >= 0.3 is 0 Å². The lowest BCUT2D eigenvalue weighted by Gasteiger charge is -2.10. The molecule has 1 aromatic heterocycles. The van der Waals surface area contributed by atoms with E-state index in [0.717, 1.165) is 14.6 Å². The summed E-state index contributed by atoms with van der Waals surface area (Å²) in [5.41, 5.74) is 1.44. The molecule has 8 heteroatoms. The van der Waals surface area contributed by atoms with Crippen molar-refractivity contribution in [2.45, 2.75) is 16.5 Å². The number of nitrogens with zero attached hydrogens (tertiary/aromatic N) is 2. The summed E-state index contributed by atoms with van der Waals surface area (Å²) in [4.78, 5) is 26.9. The van der Waals surface area contributed by atoms with Gasteiger partial charge in [-0.2, -0.15) is 0 Å². The number of nitro benzene ring substituents is 1. The van der Waals surface area contributed by atoms with Crippen molar-refractivity contribution in [2.24, 2.45) is 0 Å². The van der Waals surface area contributed by atoms with Crippen LogP contribution in [0.1, 0.15) is 6.92 Å². The van der Waals surface area contributed by atoms with E-state index in [1.54, 1.807) is 18.3 Å². The summed E-state index contributed by atoms with van der Waals surface area (Å²) in [7, 11) is 0. The minimum atomic E-state index is -0.475. The molecule has 0 aliphatic heterocycles. The molecule has 3 aromatic rings. The molecular formula is C16H13N3O3S2. The monoisotopic (exact) mass is 359 g/mol. The van der Waals surface area contributed by atoms with Crippen molar-refractivity contribution in [2.75, 3.05) is 5.32 Å². The Hall–Kier alpha value is -2.45. The number of hydrogen-bond acceptors (Lipinski definition) is 6. The highest BCUT2D eigenvalue weighted by molar-refractivity contribution is 8.02. The van der Waals surface area contributed by atoms with Crippen LogP contribution in [-0.2, 0) is 4.79 Å². The molecule has 0 bridgehead atoms. The minimum Gasteiger partial charge on any atom is -0.325 e. The Morgan fingerprint density at radius 2 is 1.96 bits per heavy atom. The molecule has 0 aliphatic carbocycles. The average molecular weight is 359 g/mol. The van der Waals surface area contributed by atoms with Crippen LogP contribution in [0, 0.1) is 10.1 Å². The SMILES string of the molecule is C[C@@H](Sc1nc2ccccc2s1)C(=O)Nc1ccc([N+](=O)[O-])cc1. The van der Waals surface area contributed by atoms with E-state index in [1.807, 2.05) is 24.3 Å². The van der Waals surface area contributed by atoms with Gasteiger partial charge in [0.05, 0.1) is 20.4 Å². The molecule has 0 saturated carbocycles. The van der Waals surface area contributed by atoms with E-state index < -0.39 is 4.92 Å². The number of non-ortho nitro benzene ring substituents is 1. The summed E-state index contributed by atoms with van der Waals surface area (Å²) in [5.74, 6) is -0.173. The predicted molar refractivity (Wildman–Crippen MR) is 96.7 cm³/mol. The van der Waals surface area contributed by atoms with Crippen molar-refractivity contribution in [3.63, 3.8) is 0 Å². The van der Waals surface area contributed by atoms with Crippen LogP contribution in [0.2, 0.25) is 0 Å². The maximum atomic E-state index is 12.3. The molecule has 6 nitrogen and oxygen atoms in total. The zero-order valence-corrected chi connectivity index (χ0v) is 14.3. The Morgan fingerprint density at radius 1 is 1.25 bits per heavy atom. The Morgan fingerprint density at radius 3 is 2.62 bits per heavy atom. The molecule has 0 aliphatic rings. The van der Waals surface area contributed by atoms with E-state index in [1.165, 1.54) is 36.0 Å². The molecule has 0 radical (unpaired) electrons. The zero-order valence-electron chi connectivity index (χ0n) is 12.6. The van der Waals surface area contributed by atoms with E-state index in [0.29, 0.717) is 5.69 Å². The van der Waals surface area contributed by atoms with E-state index >= 15 is 0 Å². The van der Waals surface area contributed by atoms with Crippen molar-refractivity contribution >= 4 is 50.6 Å². The van der Waals surface area contributed by atoms with Crippen molar-refractivity contribution in [1.82, 2.24) is 4.98 Å². The predicted octanol–water partition coefficient (Wildman–Crippen LogP) is 4.32. The first-order valence-electron chi connectivity index (χ1n) is 7.10. The smallest absolute Gasteiger partial charge is 0.269 e. The second-order valence-corrected chi connectivity index (χ2v) is 7.62. The van der Waals surface area contributed by atoms with Crippen LogP contribution >= 0.6 is 23.1 Å². The molecule has 122 valence electrons. The van der Waals surface area contributed by atoms with Gasteiger partial charge in [-0.05, 0) is 31.2 Å². The van der Waals surface area contributed by atoms with Gasteiger partial charge in [0.15, 0.2) is 4.34 Å². The van der Waals surface area contributed by atoms with Crippen LogP contribution < -0.4 is 5.32 Å². The molecule has 24 heavy (non-hydrogen) atoms. The number of anilines is 1. The van der Waals surface area contributed by atoms with Crippen molar-refractivity contribution in [1.29, 1.82) is 0 Å². The Kier molecular flexibility index (Phi) is 4.77. The molecule has 1 heterocycles. The normalized spacial score (nSPS) is 12.0. The number of amides is 1. The fourth-order valence-electron chi connectivity index (χ4n) is 2.02. The number of nitro groups is 1. The average Bonchev–Trinajstić information content (AvgIpc) is 2.97. The highest BCUT2D eigenvalue weighted by Gasteiger charge is 2.17. The summed E-state index contributed by atoms with van der Waals surface area (Å²) in [6, 6.07) is 13.6. The van der Waals surface area contributed by atoms with Crippen LogP contribution in [0.25, 0.3) is 10.2 Å². The summed E-state index contributed by atoms with van der Waals surface area (Å²) >= 11 is 2.94. The van der Waals surface area contributed by atoms with Crippen LogP contribution in [0.4, 0.5) is 11.4 Å². The molecule has 2 aromatic carbocycles. The van der Waals surface area contributed by atoms with Crippen LogP contribution in [-0.4, -0.2) is 21.1 Å². The number of thioether (sulfide) groups is 1. The van der Waals surface area contributed by atoms with Gasteiger partial charge in [-0.15, -0.1) is 11.3 Å². The summed E-state index contributed by atoms with van der Waals surface area (Å²) < 4.78 is 1.92. The van der Waals surface area contributed by atoms with Crippen molar-refractivity contribution in [3.8, 4) is 0 Å². The zero-order chi connectivity index (χ0) is 17.1. The molecule has 1 atom stereocenters. The number of benzene rings is 2. The Balaban J connectivity index is 1.64. The van der Waals surface area contributed by atoms with E-state index in [4.69, 9.17) is 0 Å². The summed E-state index contributed by atoms with van der Waals surface area (Å²) in [5, 5.41) is 13.1. The van der Waals surface area contributed by atoms with Crippen LogP contribution in [0.5, 0.6) is 0 Å². The topological polar surface area (TPSA) is 85.1 Å². The number of carbonyl (C=O) groups excluding carboxylic acids is 1. The summed E-state index contributed by atoms with van der Waals surface area (Å²) in [6.45, 7) is 1.80. The fourth-order valence-corrected chi connectivity index (χ4v) is 4.23. The van der Waals surface area contributed by atoms with Gasteiger partial charge in [0.2, 0.25) is 5.91 Å². The number of fused-ring (bicyclic) bond motifs is 1. The van der Waals surface area contributed by atoms with Crippen LogP contribution in [0.15, 0.2) is 52.9 Å². The molecule has 1 N–H and O–H groups in total. The van der Waals surface area contributed by atoms with Gasteiger partial charge in [-0.3, -0.25) is 14.9 Å². The van der Waals surface area contributed by atoms with Gasteiger partial charge in [0.1, 0.15) is 0 Å². The lowest BCUT2D eigenvalue weighted by atomic mass is 10.3. The summed E-state index contributed by atoms with van der Waals surface area (Å²) in [6.07, 6.45) is 0. The van der Waals surface area contributed by atoms with Gasteiger partial charge in [-0.1, -0.05) is 23.9 Å². The van der Waals surface area contributed by atoms with E-state index in [9.17, 15) is 14.9 Å².